The number of rotatable bonds is 8. The molecule has 2 aliphatic rings. The Hall–Kier alpha value is -3.95. The molecule has 2 fully saturated rings. The molecule has 2 amide bonds. The summed E-state index contributed by atoms with van der Waals surface area (Å²) in [7, 11) is 0. The number of carbonyl (C=O) groups is 2. The summed E-state index contributed by atoms with van der Waals surface area (Å²) in [6, 6.07) is 6.96. The zero-order valence-electron chi connectivity index (χ0n) is 22.1. The standard InChI is InChI=1S/C29H32F2N4O4/c1-15(2)14-35(25-10-17-4-5-18(25)9-17)26-13-23(31)22(21-11-19(30)6-7-20(21)28(36)37)12-24(26)32-29(38)33-27-8-16(3)39-34-27/h6-8,11-13,15,17-18,25H,4-5,9-10,14H2,1-3H3,(H,36,37)(H2,32,33,34,38)/t17-,18+,25?/m0/s1. The second-order valence-corrected chi connectivity index (χ2v) is 11.0. The van der Waals surface area contributed by atoms with E-state index in [9.17, 15) is 19.1 Å². The Kier molecular flexibility index (Phi) is 7.29. The third-order valence-electron chi connectivity index (χ3n) is 7.68. The number of fused-ring (bicyclic) bond motifs is 2. The van der Waals surface area contributed by atoms with Gasteiger partial charge in [-0.05, 0) is 74.3 Å². The molecule has 2 aromatic carbocycles. The van der Waals surface area contributed by atoms with Gasteiger partial charge in [-0.2, -0.15) is 0 Å². The number of hydrogen-bond donors (Lipinski definition) is 3. The number of aromatic nitrogens is 1. The predicted molar refractivity (Wildman–Crippen MR) is 144 cm³/mol. The lowest BCUT2D eigenvalue weighted by molar-refractivity contribution is 0.0697. The van der Waals surface area contributed by atoms with Crippen molar-refractivity contribution in [2.45, 2.75) is 52.5 Å². The average Bonchev–Trinajstić information content (AvgIpc) is 3.60. The van der Waals surface area contributed by atoms with Crippen LogP contribution in [0.25, 0.3) is 11.1 Å². The van der Waals surface area contributed by atoms with Crippen LogP contribution in [-0.2, 0) is 0 Å². The van der Waals surface area contributed by atoms with Gasteiger partial charge in [0.25, 0.3) is 0 Å². The van der Waals surface area contributed by atoms with Crippen molar-refractivity contribution in [3.05, 3.63) is 59.4 Å². The van der Waals surface area contributed by atoms with E-state index in [4.69, 9.17) is 4.52 Å². The molecular weight excluding hydrogens is 506 g/mol. The van der Waals surface area contributed by atoms with Gasteiger partial charge in [0.05, 0.1) is 16.9 Å². The average molecular weight is 539 g/mol. The highest BCUT2D eigenvalue weighted by molar-refractivity contribution is 6.03. The number of urea groups is 1. The quantitative estimate of drug-likeness (QED) is 0.287. The van der Waals surface area contributed by atoms with Crippen LogP contribution in [0.4, 0.5) is 30.8 Å². The van der Waals surface area contributed by atoms with Crippen LogP contribution in [0, 0.1) is 36.3 Å². The minimum Gasteiger partial charge on any atom is -0.478 e. The molecular formula is C29H32F2N4O4. The fourth-order valence-corrected chi connectivity index (χ4v) is 6.13. The maximum atomic E-state index is 15.9. The minimum absolute atomic E-state index is 0.113. The molecule has 0 radical (unpaired) electrons. The fourth-order valence-electron chi connectivity index (χ4n) is 6.13. The smallest absolute Gasteiger partial charge is 0.336 e. The van der Waals surface area contributed by atoms with E-state index >= 15 is 4.39 Å². The second kappa shape index (κ2) is 10.7. The number of aryl methyl sites for hydroxylation is 1. The molecule has 2 bridgehead atoms. The molecule has 0 spiro atoms. The van der Waals surface area contributed by atoms with Crippen molar-refractivity contribution in [3.63, 3.8) is 0 Å². The number of nitrogens with one attached hydrogen (secondary N) is 2. The Morgan fingerprint density at radius 3 is 2.51 bits per heavy atom. The Labute approximate surface area is 225 Å². The van der Waals surface area contributed by atoms with Gasteiger partial charge in [0.15, 0.2) is 5.82 Å². The van der Waals surface area contributed by atoms with E-state index in [2.05, 4.69) is 34.5 Å². The number of amides is 2. The molecule has 2 aliphatic carbocycles. The van der Waals surface area contributed by atoms with Gasteiger partial charge < -0.3 is 19.8 Å². The molecule has 5 rings (SSSR count). The molecule has 8 nitrogen and oxygen atoms in total. The number of aromatic carboxylic acids is 1. The van der Waals surface area contributed by atoms with Gasteiger partial charge in [0.1, 0.15) is 17.4 Å². The third kappa shape index (κ3) is 5.60. The van der Waals surface area contributed by atoms with Crippen molar-refractivity contribution in [3.8, 4) is 11.1 Å². The van der Waals surface area contributed by atoms with Crippen LogP contribution in [0.2, 0.25) is 0 Å². The largest absolute Gasteiger partial charge is 0.478 e. The first kappa shape index (κ1) is 26.6. The first-order valence-electron chi connectivity index (χ1n) is 13.2. The number of carbonyl (C=O) groups excluding carboxylic acids is 1. The van der Waals surface area contributed by atoms with Crippen LogP contribution in [0.5, 0.6) is 0 Å². The van der Waals surface area contributed by atoms with E-state index in [0.717, 1.165) is 37.5 Å². The van der Waals surface area contributed by atoms with Gasteiger partial charge in [-0.3, -0.25) is 5.32 Å². The van der Waals surface area contributed by atoms with E-state index < -0.39 is 23.6 Å². The number of anilines is 3. The molecule has 1 heterocycles. The van der Waals surface area contributed by atoms with Gasteiger partial charge >= 0.3 is 12.0 Å². The Balaban J connectivity index is 1.60. The van der Waals surface area contributed by atoms with Crippen LogP contribution in [0.15, 0.2) is 40.9 Å². The number of benzene rings is 2. The highest BCUT2D eigenvalue weighted by atomic mass is 19.1. The van der Waals surface area contributed by atoms with Crippen molar-refractivity contribution in [2.75, 3.05) is 22.1 Å². The van der Waals surface area contributed by atoms with E-state index in [-0.39, 0.29) is 40.2 Å². The summed E-state index contributed by atoms with van der Waals surface area (Å²) >= 11 is 0. The normalized spacial score (nSPS) is 19.9. The maximum absolute atomic E-state index is 15.9. The highest BCUT2D eigenvalue weighted by Gasteiger charge is 2.43. The molecule has 10 heteroatoms. The number of halogens is 2. The van der Waals surface area contributed by atoms with Gasteiger partial charge in [0.2, 0.25) is 0 Å². The summed E-state index contributed by atoms with van der Waals surface area (Å²) in [5.74, 6) is -0.610. The van der Waals surface area contributed by atoms with Gasteiger partial charge in [-0.15, -0.1) is 0 Å². The van der Waals surface area contributed by atoms with Gasteiger partial charge in [-0.1, -0.05) is 25.4 Å². The first-order chi connectivity index (χ1) is 18.6. The summed E-state index contributed by atoms with van der Waals surface area (Å²) in [6.07, 6.45) is 4.45. The van der Waals surface area contributed by atoms with Gasteiger partial charge in [-0.25, -0.2) is 18.4 Å². The number of hydrogen-bond acceptors (Lipinski definition) is 5. The SMILES string of the molecule is Cc1cc(NC(=O)Nc2cc(-c3cc(F)ccc3C(=O)O)c(F)cc2N(CC(C)C)C2C[C@H]3CC[C@@H]2C3)no1. The van der Waals surface area contributed by atoms with Crippen molar-refractivity contribution < 1.29 is 28.0 Å². The lowest BCUT2D eigenvalue weighted by Gasteiger charge is -2.39. The number of carboxylic acids is 1. The summed E-state index contributed by atoms with van der Waals surface area (Å²) in [5, 5.41) is 18.9. The Bertz CT molecular complexity index is 1410. The van der Waals surface area contributed by atoms with Crippen LogP contribution in [-0.4, -0.2) is 34.9 Å². The third-order valence-corrected chi connectivity index (χ3v) is 7.68. The zero-order valence-corrected chi connectivity index (χ0v) is 22.1. The summed E-state index contributed by atoms with van der Waals surface area (Å²) in [6.45, 7) is 6.51. The highest BCUT2D eigenvalue weighted by Crippen LogP contribution is 2.49. The van der Waals surface area contributed by atoms with E-state index in [1.807, 2.05) is 0 Å². The molecule has 1 unspecified atom stereocenters. The van der Waals surface area contributed by atoms with Crippen molar-refractivity contribution in [1.82, 2.24) is 5.16 Å². The van der Waals surface area contributed by atoms with E-state index in [1.54, 1.807) is 13.0 Å². The first-order valence-corrected chi connectivity index (χ1v) is 13.2. The van der Waals surface area contributed by atoms with E-state index in [1.165, 1.54) is 18.6 Å². The molecule has 3 N–H and O–H groups in total. The second-order valence-electron chi connectivity index (χ2n) is 11.0. The molecule has 3 aromatic rings. The summed E-state index contributed by atoms with van der Waals surface area (Å²) < 4.78 is 35.1. The fraction of sp³-hybridized carbons (Fsp3) is 0.414. The number of carboxylic acid groups (broad SMARTS) is 1. The van der Waals surface area contributed by atoms with Crippen molar-refractivity contribution in [1.29, 1.82) is 0 Å². The summed E-state index contributed by atoms with van der Waals surface area (Å²) in [5.41, 5.74) is 0.303. The molecule has 0 saturated heterocycles. The lowest BCUT2D eigenvalue weighted by atomic mass is 9.92. The van der Waals surface area contributed by atoms with Crippen LogP contribution in [0.1, 0.15) is 55.6 Å². The summed E-state index contributed by atoms with van der Waals surface area (Å²) in [4.78, 5) is 27.1. The molecule has 39 heavy (non-hydrogen) atoms. The Morgan fingerprint density at radius 1 is 1.10 bits per heavy atom. The van der Waals surface area contributed by atoms with Crippen LogP contribution >= 0.6 is 0 Å². The minimum atomic E-state index is -1.31. The predicted octanol–water partition coefficient (Wildman–Crippen LogP) is 6.92. The monoisotopic (exact) mass is 538 g/mol. The molecule has 206 valence electrons. The van der Waals surface area contributed by atoms with Crippen LogP contribution in [0.3, 0.4) is 0 Å². The molecule has 0 aliphatic heterocycles. The van der Waals surface area contributed by atoms with Crippen LogP contribution < -0.4 is 15.5 Å². The maximum Gasteiger partial charge on any atom is 0.336 e. The Morgan fingerprint density at radius 2 is 1.90 bits per heavy atom. The van der Waals surface area contributed by atoms with Gasteiger partial charge in [0, 0.05) is 29.8 Å². The molecule has 3 atom stereocenters. The van der Waals surface area contributed by atoms with Crippen molar-refractivity contribution >= 4 is 29.2 Å². The topological polar surface area (TPSA) is 108 Å². The lowest BCUT2D eigenvalue weighted by Crippen LogP contribution is -2.42. The molecule has 2 saturated carbocycles. The zero-order chi connectivity index (χ0) is 27.8. The number of nitrogens with zero attached hydrogens (tertiary/aromatic N) is 2. The van der Waals surface area contributed by atoms with E-state index in [0.29, 0.717) is 29.8 Å². The molecule has 1 aromatic heterocycles. The van der Waals surface area contributed by atoms with Crippen molar-refractivity contribution in [2.24, 2.45) is 17.8 Å².